The Balaban J connectivity index is 2.19. The van der Waals surface area contributed by atoms with Crippen LogP contribution in [0.5, 0.6) is 5.75 Å². The maximum absolute atomic E-state index is 11.8. The van der Waals surface area contributed by atoms with Crippen LogP contribution in [0.15, 0.2) is 18.2 Å². The van der Waals surface area contributed by atoms with Crippen molar-refractivity contribution in [2.45, 2.75) is 20.0 Å². The first kappa shape index (κ1) is 15.2. The van der Waals surface area contributed by atoms with Crippen LogP contribution in [0, 0.1) is 0 Å². The van der Waals surface area contributed by atoms with Gasteiger partial charge in [-0.15, -0.1) is 0 Å². The molecule has 3 amide bonds. The molecule has 2 rings (SSSR count). The number of carbonyl (C=O) groups is 2. The first-order valence-corrected chi connectivity index (χ1v) is 6.94. The second kappa shape index (κ2) is 6.47. The van der Waals surface area contributed by atoms with Gasteiger partial charge in [-0.3, -0.25) is 4.79 Å². The lowest BCUT2D eigenvalue weighted by atomic mass is 10.1. The quantitative estimate of drug-likeness (QED) is 0.890. The largest absolute Gasteiger partial charge is 0.491 e. The molecule has 0 radical (unpaired) electrons. The summed E-state index contributed by atoms with van der Waals surface area (Å²) in [5.74, 6) is 0.823. The Bertz CT molecular complexity index is 545. The summed E-state index contributed by atoms with van der Waals surface area (Å²) in [5.41, 5.74) is 1.99. The summed E-state index contributed by atoms with van der Waals surface area (Å²) >= 11 is 0. The van der Waals surface area contributed by atoms with E-state index in [-0.39, 0.29) is 11.9 Å². The predicted molar refractivity (Wildman–Crippen MR) is 79.0 cm³/mol. The van der Waals surface area contributed by atoms with Crippen molar-refractivity contribution < 1.29 is 14.3 Å². The molecule has 0 saturated carbocycles. The lowest BCUT2D eigenvalue weighted by molar-refractivity contribution is -0.128. The van der Waals surface area contributed by atoms with Gasteiger partial charge >= 0.3 is 6.03 Å². The molecule has 0 aliphatic carbocycles. The van der Waals surface area contributed by atoms with E-state index in [9.17, 15) is 9.59 Å². The third-order valence-corrected chi connectivity index (χ3v) is 3.56. The maximum Gasteiger partial charge on any atom is 0.317 e. The summed E-state index contributed by atoms with van der Waals surface area (Å²) in [5, 5.41) is 2.63. The fourth-order valence-electron chi connectivity index (χ4n) is 2.26. The molecule has 0 unspecified atom stereocenters. The molecule has 0 spiro atoms. The van der Waals surface area contributed by atoms with E-state index in [0.717, 1.165) is 16.9 Å². The lowest BCUT2D eigenvalue weighted by Crippen LogP contribution is -2.38. The third kappa shape index (κ3) is 3.65. The molecule has 1 aromatic rings. The van der Waals surface area contributed by atoms with Crippen LogP contribution >= 0.6 is 0 Å². The van der Waals surface area contributed by atoms with E-state index in [4.69, 9.17) is 4.74 Å². The highest BCUT2D eigenvalue weighted by atomic mass is 16.5. The van der Waals surface area contributed by atoms with Crippen LogP contribution in [0.4, 0.5) is 4.79 Å². The van der Waals surface area contributed by atoms with Gasteiger partial charge in [-0.25, -0.2) is 4.79 Å². The third-order valence-electron chi connectivity index (χ3n) is 3.56. The number of ether oxygens (including phenoxy) is 1. The highest BCUT2D eigenvalue weighted by Crippen LogP contribution is 2.25. The van der Waals surface area contributed by atoms with E-state index in [1.54, 1.807) is 30.8 Å². The molecule has 0 fully saturated rings. The van der Waals surface area contributed by atoms with Crippen LogP contribution in [0.25, 0.3) is 0 Å². The van der Waals surface area contributed by atoms with E-state index in [2.05, 4.69) is 5.32 Å². The minimum absolute atomic E-state index is 0.0215. The van der Waals surface area contributed by atoms with Crippen molar-refractivity contribution in [1.82, 2.24) is 15.1 Å². The number of hydrogen-bond acceptors (Lipinski definition) is 3. The number of rotatable bonds is 2. The molecule has 0 bridgehead atoms. The molecule has 1 aliphatic heterocycles. The minimum atomic E-state index is -0.113. The van der Waals surface area contributed by atoms with Gasteiger partial charge in [0.25, 0.3) is 0 Å². The standard InChI is InChI=1S/C15H21N3O3/c1-11(19)17(3)9-12-4-5-14-13(8-12)10-18(6-7-21-14)15(20)16-2/h4-5,8H,6-7,9-10H2,1-3H3,(H,16,20). The van der Waals surface area contributed by atoms with E-state index in [1.165, 1.54) is 0 Å². The van der Waals surface area contributed by atoms with Gasteiger partial charge in [0, 0.05) is 33.1 Å². The predicted octanol–water partition coefficient (Wildman–Crippen LogP) is 1.20. The topological polar surface area (TPSA) is 61.9 Å². The number of benzene rings is 1. The summed E-state index contributed by atoms with van der Waals surface area (Å²) in [6.07, 6.45) is 0. The van der Waals surface area contributed by atoms with Crippen molar-refractivity contribution in [2.75, 3.05) is 27.2 Å². The van der Waals surface area contributed by atoms with E-state index in [1.807, 2.05) is 18.2 Å². The van der Waals surface area contributed by atoms with Gasteiger partial charge in [0.15, 0.2) is 0 Å². The van der Waals surface area contributed by atoms with Crippen LogP contribution in [-0.2, 0) is 17.9 Å². The van der Waals surface area contributed by atoms with Crippen molar-refractivity contribution in [3.63, 3.8) is 0 Å². The molecular formula is C15H21N3O3. The number of urea groups is 1. The highest BCUT2D eigenvalue weighted by molar-refractivity contribution is 5.74. The fourth-order valence-corrected chi connectivity index (χ4v) is 2.26. The molecule has 6 heteroatoms. The fraction of sp³-hybridized carbons (Fsp3) is 0.467. The summed E-state index contributed by atoms with van der Waals surface area (Å²) in [4.78, 5) is 26.5. The summed E-state index contributed by atoms with van der Waals surface area (Å²) < 4.78 is 5.68. The molecule has 114 valence electrons. The first-order chi connectivity index (χ1) is 10.0. The number of nitrogens with one attached hydrogen (secondary N) is 1. The van der Waals surface area contributed by atoms with Gasteiger partial charge in [-0.1, -0.05) is 6.07 Å². The Morgan fingerprint density at radius 1 is 1.43 bits per heavy atom. The molecule has 1 heterocycles. The van der Waals surface area contributed by atoms with Crippen LogP contribution in [-0.4, -0.2) is 49.0 Å². The summed E-state index contributed by atoms with van der Waals surface area (Å²) in [6, 6.07) is 5.74. The number of hydrogen-bond donors (Lipinski definition) is 1. The summed E-state index contributed by atoms with van der Waals surface area (Å²) in [7, 11) is 3.38. The second-order valence-electron chi connectivity index (χ2n) is 5.14. The van der Waals surface area contributed by atoms with E-state index >= 15 is 0 Å². The van der Waals surface area contributed by atoms with Crippen molar-refractivity contribution in [1.29, 1.82) is 0 Å². The van der Waals surface area contributed by atoms with Gasteiger partial charge < -0.3 is 19.9 Å². The average molecular weight is 291 g/mol. The highest BCUT2D eigenvalue weighted by Gasteiger charge is 2.19. The van der Waals surface area contributed by atoms with Crippen molar-refractivity contribution >= 4 is 11.9 Å². The Labute approximate surface area is 124 Å². The minimum Gasteiger partial charge on any atom is -0.491 e. The Kier molecular flexibility index (Phi) is 4.67. The zero-order chi connectivity index (χ0) is 15.4. The molecule has 6 nitrogen and oxygen atoms in total. The zero-order valence-corrected chi connectivity index (χ0v) is 12.7. The SMILES string of the molecule is CNC(=O)N1CCOc2ccc(CN(C)C(C)=O)cc2C1. The molecule has 1 N–H and O–H groups in total. The Morgan fingerprint density at radius 2 is 2.19 bits per heavy atom. The van der Waals surface area contributed by atoms with Crippen LogP contribution in [0.3, 0.4) is 0 Å². The van der Waals surface area contributed by atoms with Crippen LogP contribution < -0.4 is 10.1 Å². The maximum atomic E-state index is 11.8. The van der Waals surface area contributed by atoms with E-state index in [0.29, 0.717) is 26.2 Å². The number of fused-ring (bicyclic) bond motifs is 1. The normalized spacial score (nSPS) is 13.8. The monoisotopic (exact) mass is 291 g/mol. The summed E-state index contributed by atoms with van der Waals surface area (Å²) in [6.45, 7) is 3.62. The first-order valence-electron chi connectivity index (χ1n) is 6.94. The van der Waals surface area contributed by atoms with E-state index < -0.39 is 0 Å². The molecule has 1 aliphatic rings. The van der Waals surface area contributed by atoms with Gasteiger partial charge in [0.2, 0.25) is 5.91 Å². The van der Waals surface area contributed by atoms with Crippen molar-refractivity contribution in [3.8, 4) is 5.75 Å². The molecular weight excluding hydrogens is 270 g/mol. The Hall–Kier alpha value is -2.24. The number of carbonyl (C=O) groups excluding carboxylic acids is 2. The number of amides is 3. The second-order valence-corrected chi connectivity index (χ2v) is 5.14. The smallest absolute Gasteiger partial charge is 0.317 e. The van der Waals surface area contributed by atoms with Crippen molar-refractivity contribution in [3.05, 3.63) is 29.3 Å². The molecule has 21 heavy (non-hydrogen) atoms. The average Bonchev–Trinajstić information content (AvgIpc) is 2.68. The van der Waals surface area contributed by atoms with Crippen LogP contribution in [0.2, 0.25) is 0 Å². The zero-order valence-electron chi connectivity index (χ0n) is 12.7. The number of nitrogens with zero attached hydrogens (tertiary/aromatic N) is 2. The lowest BCUT2D eigenvalue weighted by Gasteiger charge is -2.19. The van der Waals surface area contributed by atoms with Gasteiger partial charge in [-0.05, 0) is 17.7 Å². The van der Waals surface area contributed by atoms with Gasteiger partial charge in [0.05, 0.1) is 13.1 Å². The van der Waals surface area contributed by atoms with Crippen molar-refractivity contribution in [2.24, 2.45) is 0 Å². The van der Waals surface area contributed by atoms with Gasteiger partial charge in [-0.2, -0.15) is 0 Å². The molecule has 1 aromatic carbocycles. The van der Waals surface area contributed by atoms with Gasteiger partial charge in [0.1, 0.15) is 12.4 Å². The van der Waals surface area contributed by atoms with Crippen LogP contribution in [0.1, 0.15) is 18.1 Å². The molecule has 0 atom stereocenters. The Morgan fingerprint density at radius 3 is 2.86 bits per heavy atom. The molecule has 0 saturated heterocycles. The molecule has 0 aromatic heterocycles.